The van der Waals surface area contributed by atoms with E-state index in [9.17, 15) is 4.79 Å². The molecule has 0 spiro atoms. The summed E-state index contributed by atoms with van der Waals surface area (Å²) >= 11 is 0. The molecule has 0 aliphatic carbocycles. The van der Waals surface area contributed by atoms with E-state index in [0.29, 0.717) is 12.0 Å². The van der Waals surface area contributed by atoms with E-state index in [0.717, 1.165) is 11.3 Å². The second kappa shape index (κ2) is 3.96. The molecule has 0 fully saturated rings. The molecule has 2 rings (SSSR count). The smallest absolute Gasteiger partial charge is 0.252 e. The average molecular weight is 201 g/mol. The number of rotatable bonds is 3. The van der Waals surface area contributed by atoms with Crippen LogP contribution >= 0.6 is 0 Å². The molecule has 4 heteroatoms. The van der Waals surface area contributed by atoms with Gasteiger partial charge in [-0.2, -0.15) is 5.10 Å². The fourth-order valence-corrected chi connectivity index (χ4v) is 1.46. The summed E-state index contributed by atoms with van der Waals surface area (Å²) in [4.78, 5) is 11.0. The number of hydrogen-bond acceptors (Lipinski definition) is 2. The Balaban J connectivity index is 2.25. The molecular weight excluding hydrogens is 190 g/mol. The molecule has 1 amide bonds. The quantitative estimate of drug-likeness (QED) is 0.780. The van der Waals surface area contributed by atoms with Gasteiger partial charge in [-0.1, -0.05) is 30.3 Å². The van der Waals surface area contributed by atoms with Crippen LogP contribution in [-0.4, -0.2) is 16.1 Å². The highest BCUT2D eigenvalue weighted by molar-refractivity contribution is 5.93. The Morgan fingerprint density at radius 2 is 2.07 bits per heavy atom. The van der Waals surface area contributed by atoms with Crippen molar-refractivity contribution in [2.45, 2.75) is 6.42 Å². The van der Waals surface area contributed by atoms with Crippen LogP contribution < -0.4 is 5.73 Å². The highest BCUT2D eigenvalue weighted by atomic mass is 16.1. The number of aromatic amines is 1. The molecular formula is C11H11N3O. The van der Waals surface area contributed by atoms with Crippen LogP contribution in [0, 0.1) is 0 Å². The predicted octanol–water partition coefficient (Wildman–Crippen LogP) is 1.10. The highest BCUT2D eigenvalue weighted by Gasteiger charge is 2.10. The first-order valence-electron chi connectivity index (χ1n) is 4.63. The maximum absolute atomic E-state index is 11.0. The van der Waals surface area contributed by atoms with Gasteiger partial charge in [0, 0.05) is 6.42 Å². The standard InChI is InChI=1S/C11H11N3O/c12-11(15)9-7-13-14-10(9)6-8-4-2-1-3-5-8/h1-5,7H,6H2,(H2,12,15)(H,13,14). The van der Waals surface area contributed by atoms with Gasteiger partial charge in [-0.15, -0.1) is 0 Å². The monoisotopic (exact) mass is 201 g/mol. The van der Waals surface area contributed by atoms with Crippen LogP contribution in [0.15, 0.2) is 36.5 Å². The van der Waals surface area contributed by atoms with Gasteiger partial charge in [0.1, 0.15) is 0 Å². The number of nitrogens with one attached hydrogen (secondary N) is 1. The third kappa shape index (κ3) is 2.04. The molecule has 0 aliphatic heterocycles. The Bertz CT molecular complexity index is 462. The zero-order valence-corrected chi connectivity index (χ0v) is 8.10. The summed E-state index contributed by atoms with van der Waals surface area (Å²) in [6.07, 6.45) is 2.10. The van der Waals surface area contributed by atoms with E-state index in [-0.39, 0.29) is 0 Å². The normalized spacial score (nSPS) is 10.1. The molecule has 0 saturated carbocycles. The predicted molar refractivity (Wildman–Crippen MR) is 56.4 cm³/mol. The Kier molecular flexibility index (Phi) is 2.49. The van der Waals surface area contributed by atoms with Gasteiger partial charge in [0.15, 0.2) is 0 Å². The van der Waals surface area contributed by atoms with Crippen LogP contribution in [0.4, 0.5) is 0 Å². The molecule has 3 N–H and O–H groups in total. The van der Waals surface area contributed by atoms with Crippen molar-refractivity contribution >= 4 is 5.91 Å². The topological polar surface area (TPSA) is 71.8 Å². The summed E-state index contributed by atoms with van der Waals surface area (Å²) in [5, 5.41) is 6.60. The van der Waals surface area contributed by atoms with Gasteiger partial charge < -0.3 is 5.73 Å². The third-order valence-corrected chi connectivity index (χ3v) is 2.21. The van der Waals surface area contributed by atoms with E-state index < -0.39 is 5.91 Å². The minimum absolute atomic E-state index is 0.449. The fraction of sp³-hybridized carbons (Fsp3) is 0.0909. The van der Waals surface area contributed by atoms with E-state index in [1.807, 2.05) is 30.3 Å². The number of nitrogens with two attached hydrogens (primary N) is 1. The summed E-state index contributed by atoms with van der Waals surface area (Å²) in [6.45, 7) is 0. The van der Waals surface area contributed by atoms with Crippen LogP contribution in [0.5, 0.6) is 0 Å². The van der Waals surface area contributed by atoms with Crippen molar-refractivity contribution in [3.63, 3.8) is 0 Å². The summed E-state index contributed by atoms with van der Waals surface area (Å²) in [7, 11) is 0. The Hall–Kier alpha value is -2.10. The highest BCUT2D eigenvalue weighted by Crippen LogP contribution is 2.10. The van der Waals surface area contributed by atoms with E-state index in [2.05, 4.69) is 10.2 Å². The molecule has 0 aliphatic rings. The lowest BCUT2D eigenvalue weighted by atomic mass is 10.1. The molecule has 76 valence electrons. The van der Waals surface area contributed by atoms with Crippen molar-refractivity contribution in [1.82, 2.24) is 10.2 Å². The number of amides is 1. The molecule has 1 aromatic heterocycles. The number of H-pyrrole nitrogens is 1. The second-order valence-corrected chi connectivity index (χ2v) is 3.29. The minimum atomic E-state index is -0.449. The van der Waals surface area contributed by atoms with Gasteiger partial charge in [0.25, 0.3) is 5.91 Å². The van der Waals surface area contributed by atoms with Crippen LogP contribution in [0.1, 0.15) is 21.6 Å². The number of hydrogen-bond donors (Lipinski definition) is 2. The molecule has 0 bridgehead atoms. The number of carbonyl (C=O) groups is 1. The molecule has 2 aromatic rings. The molecule has 4 nitrogen and oxygen atoms in total. The Morgan fingerprint density at radius 3 is 2.73 bits per heavy atom. The second-order valence-electron chi connectivity index (χ2n) is 3.29. The first-order chi connectivity index (χ1) is 7.27. The van der Waals surface area contributed by atoms with Crippen LogP contribution in [0.3, 0.4) is 0 Å². The van der Waals surface area contributed by atoms with E-state index in [4.69, 9.17) is 5.73 Å². The molecule has 0 atom stereocenters. The summed E-state index contributed by atoms with van der Waals surface area (Å²) in [5.41, 5.74) is 7.54. The number of carbonyl (C=O) groups excluding carboxylic acids is 1. The van der Waals surface area contributed by atoms with Gasteiger partial charge in [-0.25, -0.2) is 0 Å². The lowest BCUT2D eigenvalue weighted by Gasteiger charge is -2.00. The number of benzene rings is 1. The van der Waals surface area contributed by atoms with E-state index in [1.54, 1.807) is 0 Å². The van der Waals surface area contributed by atoms with E-state index >= 15 is 0 Å². The van der Waals surface area contributed by atoms with Gasteiger partial charge in [-0.3, -0.25) is 9.89 Å². The van der Waals surface area contributed by atoms with Crippen molar-refractivity contribution in [3.8, 4) is 0 Å². The number of aromatic nitrogens is 2. The summed E-state index contributed by atoms with van der Waals surface area (Å²) < 4.78 is 0. The van der Waals surface area contributed by atoms with Crippen molar-refractivity contribution in [2.75, 3.05) is 0 Å². The van der Waals surface area contributed by atoms with Gasteiger partial charge in [-0.05, 0) is 5.56 Å². The lowest BCUT2D eigenvalue weighted by Crippen LogP contribution is -2.12. The average Bonchev–Trinajstić information content (AvgIpc) is 2.67. The fourth-order valence-electron chi connectivity index (χ4n) is 1.46. The van der Waals surface area contributed by atoms with Crippen molar-refractivity contribution in [2.24, 2.45) is 5.73 Å². The van der Waals surface area contributed by atoms with Crippen molar-refractivity contribution < 1.29 is 4.79 Å². The van der Waals surface area contributed by atoms with Crippen LogP contribution in [0.2, 0.25) is 0 Å². The largest absolute Gasteiger partial charge is 0.365 e. The summed E-state index contributed by atoms with van der Waals surface area (Å²) in [5.74, 6) is -0.449. The minimum Gasteiger partial charge on any atom is -0.365 e. The Labute approximate surface area is 87.1 Å². The van der Waals surface area contributed by atoms with Crippen molar-refractivity contribution in [3.05, 3.63) is 53.3 Å². The zero-order valence-electron chi connectivity index (χ0n) is 8.10. The lowest BCUT2D eigenvalue weighted by molar-refractivity contribution is 0.0999. The van der Waals surface area contributed by atoms with Crippen LogP contribution in [0.25, 0.3) is 0 Å². The molecule has 1 heterocycles. The zero-order chi connectivity index (χ0) is 10.7. The first-order valence-corrected chi connectivity index (χ1v) is 4.63. The van der Waals surface area contributed by atoms with Crippen LogP contribution in [-0.2, 0) is 6.42 Å². The number of primary amides is 1. The van der Waals surface area contributed by atoms with Gasteiger partial charge in [0.05, 0.1) is 17.5 Å². The maximum atomic E-state index is 11.0. The molecule has 0 radical (unpaired) electrons. The van der Waals surface area contributed by atoms with E-state index in [1.165, 1.54) is 6.20 Å². The SMILES string of the molecule is NC(=O)c1cn[nH]c1Cc1ccccc1. The Morgan fingerprint density at radius 1 is 1.33 bits per heavy atom. The third-order valence-electron chi connectivity index (χ3n) is 2.21. The van der Waals surface area contributed by atoms with Gasteiger partial charge in [0.2, 0.25) is 0 Å². The molecule has 15 heavy (non-hydrogen) atoms. The molecule has 0 unspecified atom stereocenters. The first kappa shape index (κ1) is 9.45. The number of nitrogens with zero attached hydrogens (tertiary/aromatic N) is 1. The molecule has 0 saturated heterocycles. The molecule has 1 aromatic carbocycles. The van der Waals surface area contributed by atoms with Gasteiger partial charge >= 0.3 is 0 Å². The summed E-state index contributed by atoms with van der Waals surface area (Å²) in [6, 6.07) is 9.84. The maximum Gasteiger partial charge on any atom is 0.252 e. The van der Waals surface area contributed by atoms with Crippen molar-refractivity contribution in [1.29, 1.82) is 0 Å².